The van der Waals surface area contributed by atoms with Gasteiger partial charge in [0.25, 0.3) is 0 Å². The first-order valence-electron chi connectivity index (χ1n) is 7.35. The van der Waals surface area contributed by atoms with Crippen molar-refractivity contribution in [3.63, 3.8) is 0 Å². The van der Waals surface area contributed by atoms with Crippen molar-refractivity contribution >= 4 is 0 Å². The molecule has 0 N–H and O–H groups in total. The zero-order valence-corrected chi connectivity index (χ0v) is 13.1. The molecule has 0 heterocycles. The van der Waals surface area contributed by atoms with Gasteiger partial charge in [-0.2, -0.15) is 0 Å². The van der Waals surface area contributed by atoms with Crippen LogP contribution in [0.5, 0.6) is 5.75 Å². The highest BCUT2D eigenvalue weighted by atomic mass is 19.4. The van der Waals surface area contributed by atoms with Crippen LogP contribution in [-0.4, -0.2) is 44.6 Å². The Morgan fingerprint density at radius 2 is 1.91 bits per heavy atom. The van der Waals surface area contributed by atoms with Crippen molar-refractivity contribution in [1.29, 1.82) is 0 Å². The third kappa shape index (κ3) is 4.36. The molecule has 22 heavy (non-hydrogen) atoms. The number of alkyl halides is 3. The number of hydrogen-bond acceptors (Lipinski definition) is 3. The van der Waals surface area contributed by atoms with Crippen molar-refractivity contribution in [3.05, 3.63) is 29.8 Å². The fourth-order valence-electron chi connectivity index (χ4n) is 3.21. The molecule has 0 unspecified atom stereocenters. The van der Waals surface area contributed by atoms with Crippen molar-refractivity contribution in [2.24, 2.45) is 0 Å². The summed E-state index contributed by atoms with van der Waals surface area (Å²) in [7, 11) is 5.71. The minimum absolute atomic E-state index is 0.153. The number of rotatable bonds is 4. The second-order valence-electron chi connectivity index (χ2n) is 5.94. The maximum atomic E-state index is 12.3. The maximum absolute atomic E-state index is 12.3. The zero-order valence-electron chi connectivity index (χ0n) is 13.1. The van der Waals surface area contributed by atoms with E-state index in [0.717, 1.165) is 24.8 Å². The van der Waals surface area contributed by atoms with Crippen LogP contribution >= 0.6 is 0 Å². The van der Waals surface area contributed by atoms with Gasteiger partial charge in [-0.05, 0) is 57.0 Å². The maximum Gasteiger partial charge on any atom is 0.573 e. The Labute approximate surface area is 129 Å². The molecule has 3 atom stereocenters. The van der Waals surface area contributed by atoms with E-state index in [1.807, 2.05) is 20.2 Å². The highest BCUT2D eigenvalue weighted by Gasteiger charge is 2.34. The summed E-state index contributed by atoms with van der Waals surface area (Å²) in [6.45, 7) is 0. The minimum Gasteiger partial charge on any atom is -0.406 e. The van der Waals surface area contributed by atoms with E-state index in [2.05, 4.69) is 9.64 Å². The standard InChI is InChI=1S/C16H22F3NO2/c1-20(2)14-10-12(7-8-15(14)21-3)11-5-4-6-13(9-11)22-16(17,18)19/h4-6,9,12,14-15H,7-8,10H2,1-3H3/t12-,14-,15-/m0/s1. The van der Waals surface area contributed by atoms with Crippen LogP contribution in [0.3, 0.4) is 0 Å². The Hall–Kier alpha value is -1.27. The van der Waals surface area contributed by atoms with Gasteiger partial charge < -0.3 is 14.4 Å². The van der Waals surface area contributed by atoms with Crippen molar-refractivity contribution < 1.29 is 22.6 Å². The summed E-state index contributed by atoms with van der Waals surface area (Å²) in [6, 6.07) is 6.58. The lowest BCUT2D eigenvalue weighted by Crippen LogP contribution is -2.44. The van der Waals surface area contributed by atoms with Crippen molar-refractivity contribution in [3.8, 4) is 5.75 Å². The van der Waals surface area contributed by atoms with Gasteiger partial charge in [0, 0.05) is 13.2 Å². The van der Waals surface area contributed by atoms with E-state index in [1.165, 1.54) is 12.1 Å². The Bertz CT molecular complexity index is 491. The monoisotopic (exact) mass is 317 g/mol. The zero-order chi connectivity index (χ0) is 16.3. The first-order valence-corrected chi connectivity index (χ1v) is 7.35. The number of nitrogens with zero attached hydrogens (tertiary/aromatic N) is 1. The molecule has 0 aromatic heterocycles. The molecule has 1 aliphatic carbocycles. The predicted octanol–water partition coefficient (Wildman–Crippen LogP) is 3.80. The van der Waals surface area contributed by atoms with Crippen LogP contribution in [0.15, 0.2) is 24.3 Å². The quantitative estimate of drug-likeness (QED) is 0.843. The van der Waals surface area contributed by atoms with Gasteiger partial charge in [0.15, 0.2) is 0 Å². The summed E-state index contributed by atoms with van der Waals surface area (Å²) in [5.74, 6) is 0.0656. The van der Waals surface area contributed by atoms with Gasteiger partial charge in [-0.15, -0.1) is 13.2 Å². The molecule has 2 rings (SSSR count). The number of benzene rings is 1. The second kappa shape index (κ2) is 6.87. The van der Waals surface area contributed by atoms with Gasteiger partial charge in [-0.1, -0.05) is 12.1 Å². The van der Waals surface area contributed by atoms with Crippen LogP contribution in [0.25, 0.3) is 0 Å². The summed E-state index contributed by atoms with van der Waals surface area (Å²) < 4.78 is 46.5. The lowest BCUT2D eigenvalue weighted by Gasteiger charge is -2.39. The molecule has 6 heteroatoms. The highest BCUT2D eigenvalue weighted by molar-refractivity contribution is 5.31. The molecular weight excluding hydrogens is 295 g/mol. The largest absolute Gasteiger partial charge is 0.573 e. The summed E-state index contributed by atoms with van der Waals surface area (Å²) in [6.07, 6.45) is -1.83. The number of halogens is 3. The Morgan fingerprint density at radius 3 is 2.50 bits per heavy atom. The van der Waals surface area contributed by atoms with Gasteiger partial charge in [-0.25, -0.2) is 0 Å². The second-order valence-corrected chi connectivity index (χ2v) is 5.94. The van der Waals surface area contributed by atoms with Gasteiger partial charge in [-0.3, -0.25) is 0 Å². The predicted molar refractivity (Wildman–Crippen MR) is 78.0 cm³/mol. The van der Waals surface area contributed by atoms with E-state index < -0.39 is 6.36 Å². The van der Waals surface area contributed by atoms with Crippen LogP contribution in [0.1, 0.15) is 30.7 Å². The molecule has 0 radical (unpaired) electrons. The van der Waals surface area contributed by atoms with Gasteiger partial charge in [0.2, 0.25) is 0 Å². The first kappa shape index (κ1) is 17.1. The van der Waals surface area contributed by atoms with Crippen LogP contribution in [0.4, 0.5) is 13.2 Å². The molecule has 1 fully saturated rings. The number of ether oxygens (including phenoxy) is 2. The fourth-order valence-corrected chi connectivity index (χ4v) is 3.21. The molecular formula is C16H22F3NO2. The highest BCUT2D eigenvalue weighted by Crippen LogP contribution is 2.37. The molecule has 1 saturated carbocycles. The lowest BCUT2D eigenvalue weighted by atomic mass is 9.79. The van der Waals surface area contributed by atoms with E-state index in [9.17, 15) is 13.2 Å². The van der Waals surface area contributed by atoms with E-state index in [1.54, 1.807) is 13.2 Å². The molecule has 1 aromatic rings. The Balaban J connectivity index is 2.13. The van der Waals surface area contributed by atoms with E-state index in [-0.39, 0.29) is 23.8 Å². The van der Waals surface area contributed by atoms with E-state index >= 15 is 0 Å². The first-order chi connectivity index (χ1) is 10.3. The van der Waals surface area contributed by atoms with Crippen LogP contribution in [0.2, 0.25) is 0 Å². The van der Waals surface area contributed by atoms with Crippen LogP contribution in [-0.2, 0) is 4.74 Å². The summed E-state index contributed by atoms with van der Waals surface area (Å²) in [4.78, 5) is 2.12. The van der Waals surface area contributed by atoms with Crippen molar-refractivity contribution in [1.82, 2.24) is 4.90 Å². The SMILES string of the molecule is CO[C@H]1CC[C@H](c2cccc(OC(F)(F)F)c2)C[C@@H]1N(C)C. The molecule has 3 nitrogen and oxygen atoms in total. The normalized spacial score (nSPS) is 26.2. The van der Waals surface area contributed by atoms with Gasteiger partial charge in [0.1, 0.15) is 5.75 Å². The van der Waals surface area contributed by atoms with Crippen molar-refractivity contribution in [2.45, 2.75) is 43.7 Å². The number of methoxy groups -OCH3 is 1. The number of hydrogen-bond donors (Lipinski definition) is 0. The molecule has 1 aliphatic rings. The van der Waals surface area contributed by atoms with E-state index in [4.69, 9.17) is 4.74 Å². The fraction of sp³-hybridized carbons (Fsp3) is 0.625. The topological polar surface area (TPSA) is 21.7 Å². The van der Waals surface area contributed by atoms with Crippen LogP contribution < -0.4 is 4.74 Å². The minimum atomic E-state index is -4.65. The molecule has 0 amide bonds. The average molecular weight is 317 g/mol. The number of likely N-dealkylation sites (N-methyl/N-ethyl adjacent to an activating group) is 1. The molecule has 0 saturated heterocycles. The molecule has 124 valence electrons. The molecule has 1 aromatic carbocycles. The van der Waals surface area contributed by atoms with Crippen molar-refractivity contribution in [2.75, 3.05) is 21.2 Å². The lowest BCUT2D eigenvalue weighted by molar-refractivity contribution is -0.274. The third-order valence-corrected chi connectivity index (χ3v) is 4.28. The molecule has 0 spiro atoms. The van der Waals surface area contributed by atoms with E-state index in [0.29, 0.717) is 0 Å². The average Bonchev–Trinajstić information content (AvgIpc) is 2.45. The van der Waals surface area contributed by atoms with Gasteiger partial charge in [0.05, 0.1) is 6.10 Å². The third-order valence-electron chi connectivity index (χ3n) is 4.28. The van der Waals surface area contributed by atoms with Crippen LogP contribution in [0, 0.1) is 0 Å². The molecule has 0 aliphatic heterocycles. The summed E-state index contributed by atoms with van der Waals surface area (Å²) >= 11 is 0. The Morgan fingerprint density at radius 1 is 1.18 bits per heavy atom. The van der Waals surface area contributed by atoms with Gasteiger partial charge >= 0.3 is 6.36 Å². The summed E-state index contributed by atoms with van der Waals surface area (Å²) in [5.41, 5.74) is 0.892. The Kier molecular flexibility index (Phi) is 5.34. The summed E-state index contributed by atoms with van der Waals surface area (Å²) in [5, 5.41) is 0. The molecule has 0 bridgehead atoms. The smallest absolute Gasteiger partial charge is 0.406 e.